The predicted molar refractivity (Wildman–Crippen MR) is 73.1 cm³/mol. The molecule has 0 radical (unpaired) electrons. The maximum Gasteiger partial charge on any atom is 0.326 e. The Kier molecular flexibility index (Phi) is 6.08. The van der Waals surface area contributed by atoms with E-state index in [1.165, 1.54) is 0 Å². The molecule has 1 rings (SSSR count). The van der Waals surface area contributed by atoms with Crippen LogP contribution in [0.3, 0.4) is 0 Å². The number of carbonyl (C=O) groups excluding carboxylic acids is 1. The fourth-order valence-electron chi connectivity index (χ4n) is 2.20. The van der Waals surface area contributed by atoms with Gasteiger partial charge in [-0.05, 0) is 19.8 Å². The van der Waals surface area contributed by atoms with Crippen LogP contribution in [0.4, 0.5) is 4.79 Å². The van der Waals surface area contributed by atoms with Gasteiger partial charge in [0.1, 0.15) is 6.04 Å². The van der Waals surface area contributed by atoms with E-state index in [4.69, 9.17) is 5.11 Å². The molecule has 0 aromatic carbocycles. The first-order valence-electron chi connectivity index (χ1n) is 7.01. The molecule has 6 heteroatoms. The zero-order valence-corrected chi connectivity index (χ0v) is 12.1. The van der Waals surface area contributed by atoms with Gasteiger partial charge in [0.2, 0.25) is 0 Å². The zero-order valence-electron chi connectivity index (χ0n) is 12.1. The molecule has 1 unspecified atom stereocenters. The maximum absolute atomic E-state index is 12.0. The molecule has 0 aromatic rings. The summed E-state index contributed by atoms with van der Waals surface area (Å²) in [6, 6.07) is -0.522. The van der Waals surface area contributed by atoms with Crippen LogP contribution in [0.5, 0.6) is 0 Å². The average molecular weight is 271 g/mol. The Morgan fingerprint density at radius 1 is 1.16 bits per heavy atom. The number of rotatable bonds is 5. The number of carboxylic acids is 1. The van der Waals surface area contributed by atoms with Gasteiger partial charge in [-0.1, -0.05) is 13.8 Å². The van der Waals surface area contributed by atoms with Gasteiger partial charge in [-0.3, -0.25) is 4.90 Å². The first-order chi connectivity index (χ1) is 8.99. The van der Waals surface area contributed by atoms with Crippen molar-refractivity contribution in [2.45, 2.75) is 45.7 Å². The molecule has 0 aromatic heterocycles. The molecule has 110 valence electrons. The molecule has 6 nitrogen and oxygen atoms in total. The van der Waals surface area contributed by atoms with Gasteiger partial charge in [0.05, 0.1) is 0 Å². The molecule has 0 bridgehead atoms. The van der Waals surface area contributed by atoms with E-state index in [-0.39, 0.29) is 6.03 Å². The van der Waals surface area contributed by atoms with Gasteiger partial charge in [-0.15, -0.1) is 0 Å². The second-order valence-corrected chi connectivity index (χ2v) is 5.03. The summed E-state index contributed by atoms with van der Waals surface area (Å²) in [4.78, 5) is 26.9. The number of nitrogens with zero attached hydrogens (tertiary/aromatic N) is 2. The number of hydrogen-bond acceptors (Lipinski definition) is 3. The van der Waals surface area contributed by atoms with Crippen LogP contribution in [0.2, 0.25) is 0 Å². The average Bonchev–Trinajstić information content (AvgIpc) is 2.43. The molecule has 0 spiro atoms. The minimum atomic E-state index is -0.978. The molecule has 2 atom stereocenters. The van der Waals surface area contributed by atoms with Gasteiger partial charge >= 0.3 is 12.0 Å². The van der Waals surface area contributed by atoms with Crippen LogP contribution in [0.25, 0.3) is 0 Å². The van der Waals surface area contributed by atoms with Crippen molar-refractivity contribution in [3.05, 3.63) is 0 Å². The second-order valence-electron chi connectivity index (χ2n) is 5.03. The Labute approximate surface area is 114 Å². The van der Waals surface area contributed by atoms with Crippen LogP contribution < -0.4 is 5.32 Å². The lowest BCUT2D eigenvalue weighted by Gasteiger charge is -2.38. The van der Waals surface area contributed by atoms with Gasteiger partial charge in [0.25, 0.3) is 0 Å². The lowest BCUT2D eigenvalue weighted by Crippen LogP contribution is -2.55. The minimum Gasteiger partial charge on any atom is -0.480 e. The lowest BCUT2D eigenvalue weighted by atomic mass is 10.2. The van der Waals surface area contributed by atoms with Crippen molar-refractivity contribution in [1.82, 2.24) is 15.1 Å². The Morgan fingerprint density at radius 2 is 1.74 bits per heavy atom. The summed E-state index contributed by atoms with van der Waals surface area (Å²) in [7, 11) is 0. The number of carboxylic acid groups (broad SMARTS) is 1. The fraction of sp³-hybridized carbons (Fsp3) is 0.846. The van der Waals surface area contributed by atoms with Crippen LogP contribution in [-0.2, 0) is 4.79 Å². The Balaban J connectivity index is 2.42. The molecule has 1 heterocycles. The predicted octanol–water partition coefficient (Wildman–Crippen LogP) is 0.975. The summed E-state index contributed by atoms with van der Waals surface area (Å²) in [6.07, 6.45) is 1.50. The largest absolute Gasteiger partial charge is 0.480 e. The van der Waals surface area contributed by atoms with Gasteiger partial charge in [0, 0.05) is 32.2 Å². The van der Waals surface area contributed by atoms with E-state index in [1.807, 2.05) is 0 Å². The third-order valence-corrected chi connectivity index (χ3v) is 3.82. The highest BCUT2D eigenvalue weighted by molar-refractivity contribution is 5.82. The number of amides is 2. The number of piperazine rings is 1. The smallest absolute Gasteiger partial charge is 0.326 e. The van der Waals surface area contributed by atoms with Crippen molar-refractivity contribution in [2.75, 3.05) is 26.2 Å². The molecular weight excluding hydrogens is 246 g/mol. The Hall–Kier alpha value is -1.30. The van der Waals surface area contributed by atoms with Crippen LogP contribution in [0.1, 0.15) is 33.6 Å². The van der Waals surface area contributed by atoms with Crippen molar-refractivity contribution in [3.63, 3.8) is 0 Å². The molecule has 1 aliphatic rings. The molecule has 2 amide bonds. The summed E-state index contributed by atoms with van der Waals surface area (Å²) in [5.74, 6) is -0.978. The van der Waals surface area contributed by atoms with E-state index in [9.17, 15) is 9.59 Å². The van der Waals surface area contributed by atoms with Crippen LogP contribution in [-0.4, -0.2) is 65.2 Å². The highest BCUT2D eigenvalue weighted by Crippen LogP contribution is 2.09. The van der Waals surface area contributed by atoms with Crippen molar-refractivity contribution in [2.24, 2.45) is 0 Å². The van der Waals surface area contributed by atoms with Gasteiger partial charge in [-0.25, -0.2) is 9.59 Å². The molecule has 1 aliphatic heterocycles. The van der Waals surface area contributed by atoms with Crippen LogP contribution in [0, 0.1) is 0 Å². The summed E-state index contributed by atoms with van der Waals surface area (Å²) in [5, 5.41) is 11.5. The highest BCUT2D eigenvalue weighted by Gasteiger charge is 2.26. The fourth-order valence-corrected chi connectivity index (χ4v) is 2.20. The van der Waals surface area contributed by atoms with E-state index in [2.05, 4.69) is 24.1 Å². The van der Waals surface area contributed by atoms with Crippen LogP contribution >= 0.6 is 0 Å². The van der Waals surface area contributed by atoms with Gasteiger partial charge in [0.15, 0.2) is 0 Å². The van der Waals surface area contributed by atoms with Crippen molar-refractivity contribution in [1.29, 1.82) is 0 Å². The molecular formula is C13H25N3O3. The Bertz CT molecular complexity index is 314. The molecule has 0 saturated carbocycles. The normalized spacial score (nSPS) is 19.8. The van der Waals surface area contributed by atoms with Crippen molar-refractivity contribution >= 4 is 12.0 Å². The van der Waals surface area contributed by atoms with Crippen molar-refractivity contribution < 1.29 is 14.7 Å². The quantitative estimate of drug-likeness (QED) is 0.781. The zero-order chi connectivity index (χ0) is 14.4. The van der Waals surface area contributed by atoms with Gasteiger partial charge < -0.3 is 15.3 Å². The number of hydrogen-bond donors (Lipinski definition) is 2. The summed E-state index contributed by atoms with van der Waals surface area (Å²) in [6.45, 7) is 9.12. The first-order valence-corrected chi connectivity index (χ1v) is 7.01. The number of nitrogens with one attached hydrogen (secondary N) is 1. The number of carbonyl (C=O) groups is 2. The molecule has 1 saturated heterocycles. The molecule has 0 aliphatic carbocycles. The standard InChI is InChI=1S/C13H25N3O3/c1-4-10(3)15-6-8-16(9-7-15)13(19)14-11(5-2)12(17)18/h10-11H,4-9H2,1-3H3,(H,14,19)(H,17,18)/t10?,11-/m0/s1. The third-order valence-electron chi connectivity index (χ3n) is 3.82. The summed E-state index contributed by atoms with van der Waals surface area (Å²) < 4.78 is 0. The molecule has 19 heavy (non-hydrogen) atoms. The van der Waals surface area contributed by atoms with Gasteiger partial charge in [-0.2, -0.15) is 0 Å². The highest BCUT2D eigenvalue weighted by atomic mass is 16.4. The third kappa shape index (κ3) is 4.38. The van der Waals surface area contributed by atoms with Crippen molar-refractivity contribution in [3.8, 4) is 0 Å². The van der Waals surface area contributed by atoms with E-state index in [1.54, 1.807) is 11.8 Å². The van der Waals surface area contributed by atoms with E-state index < -0.39 is 12.0 Å². The molecule has 2 N–H and O–H groups in total. The van der Waals surface area contributed by atoms with Crippen LogP contribution in [0.15, 0.2) is 0 Å². The number of aliphatic carboxylic acids is 1. The summed E-state index contributed by atoms with van der Waals surface area (Å²) >= 11 is 0. The van der Waals surface area contributed by atoms with E-state index in [0.717, 1.165) is 19.5 Å². The lowest BCUT2D eigenvalue weighted by molar-refractivity contribution is -0.139. The SMILES string of the molecule is CCC(C)N1CCN(C(=O)N[C@@H](CC)C(=O)O)CC1. The maximum atomic E-state index is 12.0. The minimum absolute atomic E-state index is 0.266. The monoisotopic (exact) mass is 271 g/mol. The second kappa shape index (κ2) is 7.33. The Morgan fingerprint density at radius 3 is 2.16 bits per heavy atom. The van der Waals surface area contributed by atoms with E-state index in [0.29, 0.717) is 25.6 Å². The topological polar surface area (TPSA) is 72.9 Å². The molecule has 1 fully saturated rings. The van der Waals surface area contributed by atoms with E-state index >= 15 is 0 Å². The first kappa shape index (κ1) is 15.8. The number of urea groups is 1. The summed E-state index contributed by atoms with van der Waals surface area (Å²) in [5.41, 5.74) is 0.